The normalized spacial score (nSPS) is 14.8. The molecule has 1 amide bonds. The molecule has 0 unspecified atom stereocenters. The standard InChI is InChI=1S/C19H26N3O7P/c1-3-28-30(26,29-4-2)14-27-16(13-23)12-22-11-10-17(21-19(22)25)20-18(24)15-8-6-5-7-9-15/h5-11,16,23H,3-4,12-14H2,1-2H3,(H,20,21,24,25)/t16-/m0/s1/i5D,6D,7D,8D,9D. The van der Waals surface area contributed by atoms with Gasteiger partial charge in [-0.25, -0.2) is 4.79 Å². The molecule has 1 atom stereocenters. The first-order valence-corrected chi connectivity index (χ1v) is 10.8. The SMILES string of the molecule is [2H]c1c([2H])c([2H])c(C(=O)Nc2ccn(C[C@@H](CO)OCP(=O)(OCC)OCC)c(=O)n2)c([2H])c1[2H]. The monoisotopic (exact) mass is 444 g/mol. The van der Waals surface area contributed by atoms with E-state index in [4.69, 9.17) is 20.6 Å². The Labute approximate surface area is 181 Å². The van der Waals surface area contributed by atoms with Gasteiger partial charge in [0.15, 0.2) is 0 Å². The molecule has 2 aromatic rings. The van der Waals surface area contributed by atoms with Crippen molar-refractivity contribution in [2.24, 2.45) is 0 Å². The van der Waals surface area contributed by atoms with Crippen molar-refractivity contribution in [1.82, 2.24) is 9.55 Å². The summed E-state index contributed by atoms with van der Waals surface area (Å²) in [7, 11) is -3.53. The maximum atomic E-state index is 12.5. The average molecular weight is 444 g/mol. The lowest BCUT2D eigenvalue weighted by Crippen LogP contribution is -2.32. The lowest BCUT2D eigenvalue weighted by atomic mass is 10.2. The minimum Gasteiger partial charge on any atom is -0.394 e. The number of aromatic nitrogens is 2. The van der Waals surface area contributed by atoms with Crippen molar-refractivity contribution < 1.29 is 35.1 Å². The van der Waals surface area contributed by atoms with E-state index in [1.807, 2.05) is 0 Å². The van der Waals surface area contributed by atoms with Crippen LogP contribution < -0.4 is 11.0 Å². The summed E-state index contributed by atoms with van der Waals surface area (Å²) in [6.45, 7) is 2.85. The van der Waals surface area contributed by atoms with Crippen molar-refractivity contribution in [2.45, 2.75) is 26.5 Å². The summed E-state index contributed by atoms with van der Waals surface area (Å²) >= 11 is 0. The van der Waals surface area contributed by atoms with Gasteiger partial charge in [-0.1, -0.05) is 18.1 Å². The molecule has 0 saturated heterocycles. The largest absolute Gasteiger partial charge is 0.394 e. The highest BCUT2D eigenvalue weighted by Gasteiger charge is 2.26. The zero-order valence-electron chi connectivity index (χ0n) is 21.5. The van der Waals surface area contributed by atoms with Gasteiger partial charge in [0, 0.05) is 11.8 Å². The molecule has 0 radical (unpaired) electrons. The number of anilines is 1. The van der Waals surface area contributed by atoms with Crippen LogP contribution in [0.1, 0.15) is 31.1 Å². The second kappa shape index (κ2) is 11.7. The Morgan fingerprint density at radius 1 is 1.30 bits per heavy atom. The molecule has 10 nitrogen and oxygen atoms in total. The Hall–Kier alpha value is -2.36. The number of benzene rings is 1. The van der Waals surface area contributed by atoms with Crippen molar-refractivity contribution in [3.63, 3.8) is 0 Å². The lowest BCUT2D eigenvalue weighted by molar-refractivity contribution is 0.0148. The van der Waals surface area contributed by atoms with Crippen LogP contribution in [0.5, 0.6) is 0 Å². The van der Waals surface area contributed by atoms with Crippen LogP contribution >= 0.6 is 7.60 Å². The van der Waals surface area contributed by atoms with E-state index in [0.29, 0.717) is 0 Å². The van der Waals surface area contributed by atoms with Crippen LogP contribution in [0.2, 0.25) is 0 Å². The summed E-state index contributed by atoms with van der Waals surface area (Å²) in [5.74, 6) is -1.26. The highest BCUT2D eigenvalue weighted by atomic mass is 31.2. The van der Waals surface area contributed by atoms with Crippen molar-refractivity contribution in [2.75, 3.05) is 31.5 Å². The van der Waals surface area contributed by atoms with Gasteiger partial charge in [-0.05, 0) is 32.0 Å². The molecular formula is C19H26N3O7P. The predicted octanol–water partition coefficient (Wildman–Crippen LogP) is 2.10. The molecule has 0 aliphatic rings. The van der Waals surface area contributed by atoms with E-state index in [0.717, 1.165) is 4.57 Å². The van der Waals surface area contributed by atoms with E-state index in [9.17, 15) is 19.3 Å². The van der Waals surface area contributed by atoms with E-state index in [1.165, 1.54) is 12.3 Å². The van der Waals surface area contributed by atoms with Gasteiger partial charge < -0.3 is 24.2 Å². The van der Waals surface area contributed by atoms with E-state index in [1.54, 1.807) is 13.8 Å². The fraction of sp³-hybridized carbons (Fsp3) is 0.421. The number of carbonyl (C=O) groups excluding carboxylic acids is 1. The molecule has 2 N–H and O–H groups in total. The molecule has 0 saturated carbocycles. The Morgan fingerprint density at radius 3 is 2.53 bits per heavy atom. The molecule has 0 bridgehead atoms. The average Bonchev–Trinajstić information content (AvgIpc) is 2.81. The van der Waals surface area contributed by atoms with Crippen molar-refractivity contribution in [3.8, 4) is 0 Å². The van der Waals surface area contributed by atoms with Gasteiger partial charge in [-0.15, -0.1) is 0 Å². The molecule has 30 heavy (non-hydrogen) atoms. The number of hydrogen-bond donors (Lipinski definition) is 2. The van der Waals surface area contributed by atoms with Gasteiger partial charge in [-0.2, -0.15) is 4.98 Å². The van der Waals surface area contributed by atoms with Gasteiger partial charge in [-0.3, -0.25) is 13.9 Å². The third-order valence-electron chi connectivity index (χ3n) is 3.57. The van der Waals surface area contributed by atoms with Crippen LogP contribution in [0, 0.1) is 0 Å². The first-order valence-electron chi connectivity index (χ1n) is 11.5. The maximum Gasteiger partial charge on any atom is 0.356 e. The molecule has 0 spiro atoms. The highest BCUT2D eigenvalue weighted by Crippen LogP contribution is 2.48. The van der Waals surface area contributed by atoms with Crippen molar-refractivity contribution >= 4 is 19.3 Å². The Balaban J connectivity index is 2.15. The second-order valence-electron chi connectivity index (χ2n) is 5.75. The number of amides is 1. The van der Waals surface area contributed by atoms with Crippen LogP contribution in [0.15, 0.2) is 47.3 Å². The summed E-state index contributed by atoms with van der Waals surface area (Å²) in [5.41, 5.74) is -1.42. The molecule has 2 rings (SSSR count). The summed E-state index contributed by atoms with van der Waals surface area (Å²) in [4.78, 5) is 28.6. The highest BCUT2D eigenvalue weighted by molar-refractivity contribution is 7.53. The summed E-state index contributed by atoms with van der Waals surface area (Å²) in [6, 6.07) is -2.13. The van der Waals surface area contributed by atoms with Gasteiger partial charge in [0.1, 0.15) is 12.2 Å². The lowest BCUT2D eigenvalue weighted by Gasteiger charge is -2.21. The number of carbonyl (C=O) groups is 1. The van der Waals surface area contributed by atoms with Crippen LogP contribution in [-0.2, 0) is 24.9 Å². The van der Waals surface area contributed by atoms with E-state index < -0.39 is 74.0 Å². The van der Waals surface area contributed by atoms with Crippen molar-refractivity contribution in [1.29, 1.82) is 0 Å². The fourth-order valence-corrected chi connectivity index (χ4v) is 3.67. The molecule has 1 heterocycles. The first-order chi connectivity index (χ1) is 16.5. The molecule has 1 aromatic heterocycles. The summed E-state index contributed by atoms with van der Waals surface area (Å²) in [5, 5.41) is 11.8. The number of nitrogens with zero attached hydrogens (tertiary/aromatic N) is 2. The molecule has 11 heteroatoms. The second-order valence-corrected chi connectivity index (χ2v) is 7.75. The molecule has 0 aliphatic heterocycles. The molecule has 0 aliphatic carbocycles. The number of ether oxygens (including phenoxy) is 1. The van der Waals surface area contributed by atoms with Crippen LogP contribution in [-0.4, -0.2) is 52.8 Å². The summed E-state index contributed by atoms with van der Waals surface area (Å²) < 4.78 is 67.8. The third-order valence-corrected chi connectivity index (χ3v) is 5.34. The molecule has 164 valence electrons. The van der Waals surface area contributed by atoms with Gasteiger partial charge in [0.2, 0.25) is 0 Å². The topological polar surface area (TPSA) is 129 Å². The first kappa shape index (κ1) is 17.3. The minimum atomic E-state index is -3.53. The molecule has 1 aromatic carbocycles. The zero-order chi connectivity index (χ0) is 26.3. The predicted molar refractivity (Wildman–Crippen MR) is 111 cm³/mol. The minimum absolute atomic E-state index is 0.129. The Morgan fingerprint density at radius 2 is 1.97 bits per heavy atom. The number of rotatable bonds is 12. The van der Waals surface area contributed by atoms with E-state index in [-0.39, 0.29) is 25.6 Å². The number of aliphatic hydroxyl groups excluding tert-OH is 1. The molecule has 0 fully saturated rings. The zero-order valence-corrected chi connectivity index (χ0v) is 17.4. The summed E-state index contributed by atoms with van der Waals surface area (Å²) in [6.07, 6.45) is -0.132. The quantitative estimate of drug-likeness (QED) is 0.476. The number of hydrogen-bond acceptors (Lipinski definition) is 8. The Kier molecular flexibility index (Phi) is 6.78. The van der Waals surface area contributed by atoms with Gasteiger partial charge in [0.05, 0.1) is 39.3 Å². The number of aliphatic hydroxyl groups is 1. The van der Waals surface area contributed by atoms with Gasteiger partial charge in [0.25, 0.3) is 5.91 Å². The smallest absolute Gasteiger partial charge is 0.356 e. The third kappa shape index (κ3) is 7.16. The van der Waals surface area contributed by atoms with Gasteiger partial charge >= 0.3 is 13.3 Å². The van der Waals surface area contributed by atoms with Crippen molar-refractivity contribution in [3.05, 3.63) is 58.5 Å². The van der Waals surface area contributed by atoms with Crippen LogP contribution in [0.4, 0.5) is 5.82 Å². The maximum absolute atomic E-state index is 12.5. The number of nitrogens with one attached hydrogen (secondary N) is 1. The van der Waals surface area contributed by atoms with Crippen LogP contribution in [0.25, 0.3) is 0 Å². The Bertz CT molecular complexity index is 1140. The fourth-order valence-electron chi connectivity index (χ4n) is 2.26. The van der Waals surface area contributed by atoms with E-state index >= 15 is 0 Å². The molecular weight excluding hydrogens is 413 g/mol. The van der Waals surface area contributed by atoms with E-state index in [2.05, 4.69) is 10.3 Å². The van der Waals surface area contributed by atoms with Crippen LogP contribution in [0.3, 0.4) is 0 Å².